The van der Waals surface area contributed by atoms with Crippen LogP contribution in [0.4, 0.5) is 4.79 Å². The molecule has 1 fully saturated rings. The van der Waals surface area contributed by atoms with Crippen molar-refractivity contribution < 1.29 is 23.8 Å². The number of carbonyl (C=O) groups excluding carboxylic acids is 1. The molecule has 188 valence electrons. The van der Waals surface area contributed by atoms with E-state index >= 15 is 0 Å². The van der Waals surface area contributed by atoms with Gasteiger partial charge in [-0.05, 0) is 36.8 Å². The number of benzene rings is 2. The Kier molecular flexibility index (Phi) is 6.86. The van der Waals surface area contributed by atoms with E-state index in [0.29, 0.717) is 50.7 Å². The summed E-state index contributed by atoms with van der Waals surface area (Å²) in [5, 5.41) is 13.4. The van der Waals surface area contributed by atoms with Crippen molar-refractivity contribution in [1.29, 1.82) is 0 Å². The van der Waals surface area contributed by atoms with Crippen LogP contribution >= 0.6 is 0 Å². The van der Waals surface area contributed by atoms with E-state index in [1.165, 1.54) is 4.90 Å². The molecule has 1 saturated heterocycles. The summed E-state index contributed by atoms with van der Waals surface area (Å²) < 4.78 is 12.0. The molecule has 2 aliphatic rings. The molecule has 10 heteroatoms. The number of amides is 2. The number of hydrogen-bond donors (Lipinski definition) is 2. The first-order valence-corrected chi connectivity index (χ1v) is 12.2. The van der Waals surface area contributed by atoms with Gasteiger partial charge in [-0.1, -0.05) is 19.1 Å². The van der Waals surface area contributed by atoms with Gasteiger partial charge in [-0.2, -0.15) is 5.10 Å². The molecule has 1 atom stereocenters. The van der Waals surface area contributed by atoms with Crippen LogP contribution in [-0.2, 0) is 4.79 Å². The molecule has 1 aromatic heterocycles. The highest BCUT2D eigenvalue weighted by molar-refractivity contribution is 6.07. The topological polar surface area (TPSA) is 120 Å². The Bertz CT molecular complexity index is 1290. The molecule has 2 amide bonds. The van der Waals surface area contributed by atoms with E-state index < -0.39 is 6.09 Å². The number of hydrazone groups is 1. The van der Waals surface area contributed by atoms with Crippen molar-refractivity contribution in [3.8, 4) is 17.2 Å². The van der Waals surface area contributed by atoms with Gasteiger partial charge < -0.3 is 19.2 Å². The number of ether oxygens (including phenoxy) is 1. The van der Waals surface area contributed by atoms with Crippen molar-refractivity contribution in [2.45, 2.75) is 19.8 Å². The zero-order valence-electron chi connectivity index (χ0n) is 20.1. The molecular formula is C26H29N5O5. The Balaban J connectivity index is 1.25. The standard InChI is InChI=1S/C26H29N5O5/c1-2-17-16-23(32)28-29-24(17)18-6-7-21-22(15-18)36-25(27-21)19-4-3-5-20(14-19)35-13-12-30-8-10-31(11-9-30)26(33)34/h3-7,14-15,17H,2,8-13,16H2,1H3,(H,28,32)(H,33,34). The van der Waals surface area contributed by atoms with Crippen molar-refractivity contribution in [2.24, 2.45) is 11.0 Å². The van der Waals surface area contributed by atoms with E-state index in [1.807, 2.05) is 42.5 Å². The number of carboxylic acid groups (broad SMARTS) is 1. The van der Waals surface area contributed by atoms with Crippen LogP contribution in [0.5, 0.6) is 5.75 Å². The number of piperazine rings is 1. The molecule has 3 aromatic rings. The van der Waals surface area contributed by atoms with Crippen LogP contribution in [0.3, 0.4) is 0 Å². The monoisotopic (exact) mass is 491 g/mol. The molecule has 10 nitrogen and oxygen atoms in total. The van der Waals surface area contributed by atoms with Crippen LogP contribution in [0.25, 0.3) is 22.6 Å². The van der Waals surface area contributed by atoms with Gasteiger partial charge in [0.15, 0.2) is 5.58 Å². The smallest absolute Gasteiger partial charge is 0.407 e. The molecule has 0 saturated carbocycles. The van der Waals surface area contributed by atoms with E-state index in [2.05, 4.69) is 27.3 Å². The number of fused-ring (bicyclic) bond motifs is 1. The maximum Gasteiger partial charge on any atom is 0.407 e. The van der Waals surface area contributed by atoms with E-state index in [-0.39, 0.29) is 11.8 Å². The minimum atomic E-state index is -0.862. The average Bonchev–Trinajstić information content (AvgIpc) is 3.33. The van der Waals surface area contributed by atoms with E-state index in [4.69, 9.17) is 14.3 Å². The lowest BCUT2D eigenvalue weighted by Crippen LogP contribution is -2.49. The summed E-state index contributed by atoms with van der Waals surface area (Å²) >= 11 is 0. The van der Waals surface area contributed by atoms with Crippen LogP contribution in [0.2, 0.25) is 0 Å². The molecule has 36 heavy (non-hydrogen) atoms. The highest BCUT2D eigenvalue weighted by Crippen LogP contribution is 2.29. The van der Waals surface area contributed by atoms with E-state index in [1.54, 1.807) is 0 Å². The summed E-state index contributed by atoms with van der Waals surface area (Å²) in [5.74, 6) is 1.24. The van der Waals surface area contributed by atoms with Gasteiger partial charge in [-0.15, -0.1) is 0 Å². The minimum Gasteiger partial charge on any atom is -0.492 e. The third kappa shape index (κ3) is 5.18. The number of rotatable bonds is 7. The van der Waals surface area contributed by atoms with Crippen molar-refractivity contribution in [2.75, 3.05) is 39.3 Å². The molecular weight excluding hydrogens is 462 g/mol. The van der Waals surface area contributed by atoms with Gasteiger partial charge in [0.25, 0.3) is 0 Å². The molecule has 0 spiro atoms. The van der Waals surface area contributed by atoms with Gasteiger partial charge in [-0.3, -0.25) is 9.69 Å². The van der Waals surface area contributed by atoms with Gasteiger partial charge in [0.05, 0.1) is 5.71 Å². The molecule has 0 bridgehead atoms. The molecule has 2 aromatic carbocycles. The molecule has 1 unspecified atom stereocenters. The molecule has 2 N–H and O–H groups in total. The number of nitrogens with zero attached hydrogens (tertiary/aromatic N) is 4. The first-order chi connectivity index (χ1) is 17.5. The fraction of sp³-hybridized carbons (Fsp3) is 0.385. The molecule has 5 rings (SSSR count). The molecule has 2 aliphatic heterocycles. The van der Waals surface area contributed by atoms with Crippen LogP contribution in [0, 0.1) is 5.92 Å². The predicted octanol–water partition coefficient (Wildman–Crippen LogP) is 3.42. The summed E-state index contributed by atoms with van der Waals surface area (Å²) in [4.78, 5) is 31.0. The second-order valence-corrected chi connectivity index (χ2v) is 9.03. The number of oxazole rings is 1. The van der Waals surface area contributed by atoms with E-state index in [9.17, 15) is 9.59 Å². The van der Waals surface area contributed by atoms with Gasteiger partial charge in [0.2, 0.25) is 11.8 Å². The minimum absolute atomic E-state index is 0.0588. The zero-order chi connectivity index (χ0) is 25.1. The number of nitrogens with one attached hydrogen (secondary N) is 1. The second-order valence-electron chi connectivity index (χ2n) is 9.03. The van der Waals surface area contributed by atoms with Gasteiger partial charge in [-0.25, -0.2) is 15.2 Å². The second kappa shape index (κ2) is 10.4. The molecule has 3 heterocycles. The summed E-state index contributed by atoms with van der Waals surface area (Å²) in [6.07, 6.45) is 0.400. The van der Waals surface area contributed by atoms with Gasteiger partial charge in [0, 0.05) is 56.2 Å². The normalized spacial score (nSPS) is 18.7. The van der Waals surface area contributed by atoms with Crippen LogP contribution < -0.4 is 10.2 Å². The summed E-state index contributed by atoms with van der Waals surface area (Å²) in [5.41, 5.74) is 6.57. The Morgan fingerprint density at radius 2 is 2.00 bits per heavy atom. The van der Waals surface area contributed by atoms with Gasteiger partial charge >= 0.3 is 6.09 Å². The zero-order valence-corrected chi connectivity index (χ0v) is 20.1. The van der Waals surface area contributed by atoms with E-state index in [0.717, 1.165) is 41.1 Å². The van der Waals surface area contributed by atoms with Crippen molar-refractivity contribution in [3.63, 3.8) is 0 Å². The fourth-order valence-electron chi connectivity index (χ4n) is 4.60. The maximum atomic E-state index is 11.7. The Morgan fingerprint density at radius 1 is 1.17 bits per heavy atom. The van der Waals surface area contributed by atoms with Crippen LogP contribution in [0.15, 0.2) is 52.0 Å². The number of carbonyl (C=O) groups is 2. The largest absolute Gasteiger partial charge is 0.492 e. The summed E-state index contributed by atoms with van der Waals surface area (Å²) in [6, 6.07) is 13.4. The number of aromatic nitrogens is 1. The number of hydrogen-bond acceptors (Lipinski definition) is 7. The molecule has 0 aliphatic carbocycles. The maximum absolute atomic E-state index is 11.7. The SMILES string of the molecule is CCC1CC(=O)NN=C1c1ccc2nc(-c3cccc(OCCN4CCN(C(=O)O)CC4)c3)oc2c1. The Hall–Kier alpha value is -3.92. The third-order valence-electron chi connectivity index (χ3n) is 6.70. The van der Waals surface area contributed by atoms with Crippen molar-refractivity contribution in [1.82, 2.24) is 20.2 Å². The van der Waals surface area contributed by atoms with Gasteiger partial charge in [0.1, 0.15) is 17.9 Å². The lowest BCUT2D eigenvalue weighted by atomic mass is 9.90. The fourth-order valence-corrected chi connectivity index (χ4v) is 4.60. The summed E-state index contributed by atoms with van der Waals surface area (Å²) in [7, 11) is 0. The first kappa shape index (κ1) is 23.8. The average molecular weight is 492 g/mol. The first-order valence-electron chi connectivity index (χ1n) is 12.2. The highest BCUT2D eigenvalue weighted by atomic mass is 16.5. The third-order valence-corrected chi connectivity index (χ3v) is 6.70. The lowest BCUT2D eigenvalue weighted by molar-refractivity contribution is -0.122. The van der Waals surface area contributed by atoms with Crippen LogP contribution in [-0.4, -0.2) is 76.9 Å². The lowest BCUT2D eigenvalue weighted by Gasteiger charge is -2.32. The molecule has 0 radical (unpaired) electrons. The summed E-state index contributed by atoms with van der Waals surface area (Å²) in [6.45, 7) is 5.74. The Labute approximate surface area is 208 Å². The Morgan fingerprint density at radius 3 is 2.78 bits per heavy atom. The van der Waals surface area contributed by atoms with Crippen molar-refractivity contribution in [3.05, 3.63) is 48.0 Å². The predicted molar refractivity (Wildman–Crippen MR) is 134 cm³/mol. The highest BCUT2D eigenvalue weighted by Gasteiger charge is 2.25. The van der Waals surface area contributed by atoms with Crippen molar-refractivity contribution >= 4 is 28.8 Å². The van der Waals surface area contributed by atoms with Crippen LogP contribution in [0.1, 0.15) is 25.3 Å². The quantitative estimate of drug-likeness (QED) is 0.520.